The minimum Gasteiger partial charge on any atom is -0.352 e. The van der Waals surface area contributed by atoms with E-state index in [4.69, 9.17) is 0 Å². The molecule has 0 aliphatic carbocycles. The van der Waals surface area contributed by atoms with Crippen LogP contribution in [0, 0.1) is 0 Å². The molecule has 0 aromatic heterocycles. The number of hydrogen-bond acceptors (Lipinski definition) is 2. The summed E-state index contributed by atoms with van der Waals surface area (Å²) < 4.78 is 0. The molecule has 4 heteroatoms. The zero-order valence-corrected chi connectivity index (χ0v) is 9.79. The highest BCUT2D eigenvalue weighted by atomic mass is 16.2. The summed E-state index contributed by atoms with van der Waals surface area (Å²) in [6, 6.07) is -0.305. The third-order valence-corrected chi connectivity index (χ3v) is 2.58. The van der Waals surface area contributed by atoms with Crippen LogP contribution < -0.4 is 10.6 Å². The number of rotatable bonds is 7. The minimum absolute atomic E-state index is 0.0772. The fourth-order valence-corrected chi connectivity index (χ4v) is 1.48. The van der Waals surface area contributed by atoms with E-state index in [2.05, 4.69) is 17.6 Å². The van der Waals surface area contributed by atoms with Crippen molar-refractivity contribution in [1.29, 1.82) is 0 Å². The van der Waals surface area contributed by atoms with Crippen molar-refractivity contribution in [3.05, 3.63) is 12.2 Å². The number of amides is 2. The molecule has 0 bridgehead atoms. The van der Waals surface area contributed by atoms with Gasteiger partial charge in [0.25, 0.3) is 0 Å². The number of hydrogen-bond donors (Lipinski definition) is 2. The van der Waals surface area contributed by atoms with Gasteiger partial charge in [-0.1, -0.05) is 31.9 Å². The molecular formula is C12H20N2O2. The molecular weight excluding hydrogens is 204 g/mol. The van der Waals surface area contributed by atoms with Gasteiger partial charge in [0.05, 0.1) is 0 Å². The van der Waals surface area contributed by atoms with Crippen molar-refractivity contribution in [2.45, 2.75) is 45.1 Å². The first-order chi connectivity index (χ1) is 7.74. The van der Waals surface area contributed by atoms with Crippen LogP contribution >= 0.6 is 0 Å². The maximum atomic E-state index is 11.3. The average molecular weight is 224 g/mol. The number of unbranched alkanes of at least 4 members (excludes halogenated alkanes) is 3. The first-order valence-corrected chi connectivity index (χ1v) is 5.96. The SMILES string of the molecule is CCCCC/C=C\CC(=O)NC1CNC1=O. The predicted octanol–water partition coefficient (Wildman–Crippen LogP) is 1.13. The lowest BCUT2D eigenvalue weighted by atomic mass is 10.1. The molecule has 90 valence electrons. The Hall–Kier alpha value is -1.32. The number of carbonyl (C=O) groups is 2. The third-order valence-electron chi connectivity index (χ3n) is 2.58. The predicted molar refractivity (Wildman–Crippen MR) is 62.8 cm³/mol. The van der Waals surface area contributed by atoms with Gasteiger partial charge in [-0.15, -0.1) is 0 Å². The summed E-state index contributed by atoms with van der Waals surface area (Å²) in [5.41, 5.74) is 0. The van der Waals surface area contributed by atoms with E-state index in [1.54, 1.807) is 0 Å². The van der Waals surface area contributed by atoms with Crippen LogP contribution in [-0.4, -0.2) is 24.4 Å². The molecule has 0 aromatic rings. The van der Waals surface area contributed by atoms with Crippen LogP contribution in [0.4, 0.5) is 0 Å². The summed E-state index contributed by atoms with van der Waals surface area (Å²) in [5, 5.41) is 5.25. The standard InChI is InChI=1S/C12H20N2O2/c1-2-3-4-5-6-7-8-11(15)14-10-9-13-12(10)16/h6-7,10H,2-5,8-9H2,1H3,(H,13,16)(H,14,15)/b7-6-. The van der Waals surface area contributed by atoms with Gasteiger partial charge in [0.1, 0.15) is 6.04 Å². The molecule has 0 saturated carbocycles. The summed E-state index contributed by atoms with van der Waals surface area (Å²) in [7, 11) is 0. The van der Waals surface area contributed by atoms with Gasteiger partial charge in [0.2, 0.25) is 11.8 Å². The molecule has 0 spiro atoms. The van der Waals surface area contributed by atoms with Gasteiger partial charge in [0, 0.05) is 13.0 Å². The molecule has 1 atom stereocenters. The molecule has 4 nitrogen and oxygen atoms in total. The van der Waals surface area contributed by atoms with E-state index in [-0.39, 0.29) is 17.9 Å². The normalized spacial score (nSPS) is 19.3. The molecule has 1 aliphatic rings. The van der Waals surface area contributed by atoms with E-state index in [9.17, 15) is 9.59 Å². The minimum atomic E-state index is -0.305. The van der Waals surface area contributed by atoms with Crippen molar-refractivity contribution in [1.82, 2.24) is 10.6 Å². The highest BCUT2D eigenvalue weighted by Crippen LogP contribution is 2.00. The van der Waals surface area contributed by atoms with Crippen LogP contribution in [-0.2, 0) is 9.59 Å². The van der Waals surface area contributed by atoms with Gasteiger partial charge in [0.15, 0.2) is 0 Å². The van der Waals surface area contributed by atoms with Crippen molar-refractivity contribution < 1.29 is 9.59 Å². The molecule has 2 amide bonds. The van der Waals surface area contributed by atoms with Gasteiger partial charge >= 0.3 is 0 Å². The Labute approximate surface area is 96.5 Å². The third kappa shape index (κ3) is 4.47. The van der Waals surface area contributed by atoms with Crippen LogP contribution in [0.1, 0.15) is 39.0 Å². The molecule has 0 aromatic carbocycles. The molecule has 1 aliphatic heterocycles. The number of β-lactam (4-membered cyclic amide) rings is 1. The second kappa shape index (κ2) is 7.04. The van der Waals surface area contributed by atoms with Crippen molar-refractivity contribution in [2.75, 3.05) is 6.54 Å². The molecule has 1 heterocycles. The maximum absolute atomic E-state index is 11.3. The van der Waals surface area contributed by atoms with Crippen LogP contribution in [0.3, 0.4) is 0 Å². The number of allylic oxidation sites excluding steroid dienone is 1. The summed E-state index contributed by atoms with van der Waals surface area (Å²) in [6.45, 7) is 2.73. The first-order valence-electron chi connectivity index (χ1n) is 5.96. The lowest BCUT2D eigenvalue weighted by molar-refractivity contribution is -0.133. The first kappa shape index (κ1) is 12.7. The zero-order valence-electron chi connectivity index (χ0n) is 9.79. The second-order valence-electron chi connectivity index (χ2n) is 4.04. The van der Waals surface area contributed by atoms with Crippen LogP contribution in [0.2, 0.25) is 0 Å². The smallest absolute Gasteiger partial charge is 0.244 e. The number of nitrogens with one attached hydrogen (secondary N) is 2. The fourth-order valence-electron chi connectivity index (χ4n) is 1.48. The Balaban J connectivity index is 2.03. The van der Waals surface area contributed by atoms with Gasteiger partial charge in [-0.3, -0.25) is 9.59 Å². The summed E-state index contributed by atoms with van der Waals surface area (Å²) in [5.74, 6) is -0.160. The molecule has 1 fully saturated rings. The zero-order chi connectivity index (χ0) is 11.8. The molecule has 2 N–H and O–H groups in total. The summed E-state index contributed by atoms with van der Waals surface area (Å²) in [4.78, 5) is 22.2. The van der Waals surface area contributed by atoms with Crippen LogP contribution in [0.25, 0.3) is 0 Å². The molecule has 1 unspecified atom stereocenters. The molecule has 0 radical (unpaired) electrons. The molecule has 1 rings (SSSR count). The Morgan fingerprint density at radius 1 is 1.50 bits per heavy atom. The van der Waals surface area contributed by atoms with Gasteiger partial charge in [-0.05, 0) is 12.8 Å². The van der Waals surface area contributed by atoms with Crippen molar-refractivity contribution in [3.8, 4) is 0 Å². The van der Waals surface area contributed by atoms with Gasteiger partial charge in [-0.2, -0.15) is 0 Å². The maximum Gasteiger partial charge on any atom is 0.244 e. The van der Waals surface area contributed by atoms with E-state index >= 15 is 0 Å². The van der Waals surface area contributed by atoms with Crippen LogP contribution in [0.5, 0.6) is 0 Å². The van der Waals surface area contributed by atoms with E-state index in [1.165, 1.54) is 19.3 Å². The average Bonchev–Trinajstić information content (AvgIpc) is 2.28. The van der Waals surface area contributed by atoms with E-state index in [1.807, 2.05) is 12.2 Å². The Morgan fingerprint density at radius 3 is 2.88 bits per heavy atom. The largest absolute Gasteiger partial charge is 0.352 e. The summed E-state index contributed by atoms with van der Waals surface area (Å²) in [6.07, 6.45) is 8.95. The topological polar surface area (TPSA) is 58.2 Å². The van der Waals surface area contributed by atoms with E-state index in [0.29, 0.717) is 13.0 Å². The lowest BCUT2D eigenvalue weighted by Gasteiger charge is -2.26. The second-order valence-corrected chi connectivity index (χ2v) is 4.04. The van der Waals surface area contributed by atoms with Crippen molar-refractivity contribution in [3.63, 3.8) is 0 Å². The number of carbonyl (C=O) groups excluding carboxylic acids is 2. The van der Waals surface area contributed by atoms with E-state index < -0.39 is 0 Å². The highest BCUT2D eigenvalue weighted by Gasteiger charge is 2.28. The van der Waals surface area contributed by atoms with Gasteiger partial charge in [-0.25, -0.2) is 0 Å². The van der Waals surface area contributed by atoms with Crippen molar-refractivity contribution in [2.24, 2.45) is 0 Å². The van der Waals surface area contributed by atoms with Crippen molar-refractivity contribution >= 4 is 11.8 Å². The monoisotopic (exact) mass is 224 g/mol. The Bertz CT molecular complexity index is 274. The lowest BCUT2D eigenvalue weighted by Crippen LogP contribution is -2.61. The van der Waals surface area contributed by atoms with Crippen LogP contribution in [0.15, 0.2) is 12.2 Å². The Kier molecular flexibility index (Phi) is 5.61. The molecule has 1 saturated heterocycles. The quantitative estimate of drug-likeness (QED) is 0.387. The highest BCUT2D eigenvalue weighted by molar-refractivity contribution is 5.92. The van der Waals surface area contributed by atoms with E-state index in [0.717, 1.165) is 6.42 Å². The van der Waals surface area contributed by atoms with Gasteiger partial charge < -0.3 is 10.6 Å². The fraction of sp³-hybridized carbons (Fsp3) is 0.667. The summed E-state index contributed by atoms with van der Waals surface area (Å²) >= 11 is 0. The Morgan fingerprint density at radius 2 is 2.31 bits per heavy atom. The molecule has 16 heavy (non-hydrogen) atoms.